The van der Waals surface area contributed by atoms with Gasteiger partial charge in [0.2, 0.25) is 0 Å². The molecule has 0 radical (unpaired) electrons. The Morgan fingerprint density at radius 3 is 1.48 bits per heavy atom. The molecule has 0 unspecified atom stereocenters. The lowest BCUT2D eigenvalue weighted by Gasteiger charge is -2.27. The average molecular weight is 806 g/mol. The second-order valence-corrected chi connectivity index (χ2v) is 16.1. The summed E-state index contributed by atoms with van der Waals surface area (Å²) in [6.45, 7) is 0. The molecule has 12 aromatic rings. The fraction of sp³-hybridized carbons (Fsp3) is 0. The molecule has 0 N–H and O–H groups in total. The van der Waals surface area contributed by atoms with Crippen molar-refractivity contribution in [3.05, 3.63) is 237 Å². The van der Waals surface area contributed by atoms with Gasteiger partial charge in [0.25, 0.3) is 0 Å². The maximum atomic E-state index is 6.91. The standard InChI is InChI=1S/C60H39NO2/c1-3-13-40(14-4-1)42-25-27-43(28-26-42)44-29-32-49(33-30-44)61(50-20-12-18-46(38-50)41-15-5-2-6-16-41)55-35-34-51(60-59(55)53-22-8-10-24-57(53)63-60)48-19-11-17-45(37-48)47-31-36-58-54(39-47)52-21-7-9-23-56(52)62-58/h1-39H. The molecule has 296 valence electrons. The van der Waals surface area contributed by atoms with Gasteiger partial charge in [-0.2, -0.15) is 0 Å². The summed E-state index contributed by atoms with van der Waals surface area (Å²) < 4.78 is 13.1. The number of fused-ring (bicyclic) bond motifs is 6. The highest BCUT2D eigenvalue weighted by molar-refractivity contribution is 6.17. The maximum absolute atomic E-state index is 6.91. The molecule has 0 aliphatic carbocycles. The van der Waals surface area contributed by atoms with Crippen LogP contribution in [-0.2, 0) is 0 Å². The quantitative estimate of drug-likeness (QED) is 0.153. The molecule has 2 heterocycles. The Hall–Kier alpha value is -8.40. The second kappa shape index (κ2) is 15.3. The van der Waals surface area contributed by atoms with Crippen molar-refractivity contribution in [2.24, 2.45) is 0 Å². The van der Waals surface area contributed by atoms with E-state index < -0.39 is 0 Å². The summed E-state index contributed by atoms with van der Waals surface area (Å²) in [5.41, 5.74) is 18.1. The largest absolute Gasteiger partial charge is 0.456 e. The van der Waals surface area contributed by atoms with Crippen LogP contribution >= 0.6 is 0 Å². The SMILES string of the molecule is c1ccc(-c2ccc(-c3ccc(N(c4cccc(-c5ccccc5)c4)c4ccc(-c5cccc(-c6ccc7oc8ccccc8c7c6)c5)c5oc6ccccc6c45)cc3)cc2)cc1. The van der Waals surface area contributed by atoms with Crippen molar-refractivity contribution in [1.82, 2.24) is 0 Å². The summed E-state index contributed by atoms with van der Waals surface area (Å²) in [6, 6.07) is 84.1. The Balaban J connectivity index is 0.999. The molecule has 12 rings (SSSR count). The average Bonchev–Trinajstić information content (AvgIpc) is 3.94. The van der Waals surface area contributed by atoms with Gasteiger partial charge < -0.3 is 13.7 Å². The minimum Gasteiger partial charge on any atom is -0.456 e. The zero-order chi connectivity index (χ0) is 41.7. The number of benzene rings is 10. The fourth-order valence-corrected chi connectivity index (χ4v) is 9.17. The van der Waals surface area contributed by atoms with Gasteiger partial charge in [0, 0.05) is 33.1 Å². The summed E-state index contributed by atoms with van der Waals surface area (Å²) in [5.74, 6) is 0. The summed E-state index contributed by atoms with van der Waals surface area (Å²) in [4.78, 5) is 2.38. The van der Waals surface area contributed by atoms with E-state index in [1.165, 1.54) is 22.3 Å². The first-order chi connectivity index (χ1) is 31.2. The predicted molar refractivity (Wildman–Crippen MR) is 263 cm³/mol. The first kappa shape index (κ1) is 36.5. The number of nitrogens with zero attached hydrogens (tertiary/aromatic N) is 1. The number of furan rings is 2. The van der Waals surface area contributed by atoms with Crippen molar-refractivity contribution in [1.29, 1.82) is 0 Å². The van der Waals surface area contributed by atoms with Crippen molar-refractivity contribution >= 4 is 60.9 Å². The number of para-hydroxylation sites is 2. The van der Waals surface area contributed by atoms with Crippen molar-refractivity contribution < 1.29 is 8.83 Å². The van der Waals surface area contributed by atoms with Gasteiger partial charge in [-0.3, -0.25) is 0 Å². The van der Waals surface area contributed by atoms with E-state index in [-0.39, 0.29) is 0 Å². The van der Waals surface area contributed by atoms with Crippen molar-refractivity contribution in [3.8, 4) is 55.6 Å². The molecule has 0 spiro atoms. The Kier molecular flexibility index (Phi) is 8.83. The summed E-state index contributed by atoms with van der Waals surface area (Å²) in [6.07, 6.45) is 0. The van der Waals surface area contributed by atoms with E-state index in [9.17, 15) is 0 Å². The third-order valence-electron chi connectivity index (χ3n) is 12.3. The van der Waals surface area contributed by atoms with E-state index in [0.717, 1.165) is 94.3 Å². The molecule has 0 amide bonds. The molecule has 63 heavy (non-hydrogen) atoms. The Morgan fingerprint density at radius 1 is 0.270 bits per heavy atom. The van der Waals surface area contributed by atoms with E-state index in [1.807, 2.05) is 18.2 Å². The van der Waals surface area contributed by atoms with Crippen molar-refractivity contribution in [2.75, 3.05) is 4.90 Å². The van der Waals surface area contributed by atoms with Gasteiger partial charge in [-0.25, -0.2) is 0 Å². The number of hydrogen-bond donors (Lipinski definition) is 0. The van der Waals surface area contributed by atoms with Gasteiger partial charge in [0.1, 0.15) is 22.3 Å². The van der Waals surface area contributed by atoms with Crippen LogP contribution in [-0.4, -0.2) is 0 Å². The van der Waals surface area contributed by atoms with Crippen LogP contribution in [0.3, 0.4) is 0 Å². The lowest BCUT2D eigenvalue weighted by molar-refractivity contribution is 0.669. The topological polar surface area (TPSA) is 29.5 Å². The predicted octanol–water partition coefficient (Wildman–Crippen LogP) is 17.3. The smallest absolute Gasteiger partial charge is 0.145 e. The fourth-order valence-electron chi connectivity index (χ4n) is 9.17. The molecule has 0 saturated heterocycles. The monoisotopic (exact) mass is 805 g/mol. The summed E-state index contributed by atoms with van der Waals surface area (Å²) in [7, 11) is 0. The molecule has 3 nitrogen and oxygen atoms in total. The Labute approximate surface area is 365 Å². The van der Waals surface area contributed by atoms with Gasteiger partial charge in [0.05, 0.1) is 11.1 Å². The Morgan fingerprint density at radius 2 is 0.762 bits per heavy atom. The van der Waals surface area contributed by atoms with Crippen LogP contribution in [0.2, 0.25) is 0 Å². The van der Waals surface area contributed by atoms with Crippen molar-refractivity contribution in [2.45, 2.75) is 0 Å². The van der Waals surface area contributed by atoms with Gasteiger partial charge in [-0.15, -0.1) is 0 Å². The summed E-state index contributed by atoms with van der Waals surface area (Å²) in [5, 5.41) is 4.36. The van der Waals surface area contributed by atoms with Crippen LogP contribution < -0.4 is 4.90 Å². The molecule has 3 heteroatoms. The molecule has 0 bridgehead atoms. The first-order valence-corrected chi connectivity index (χ1v) is 21.4. The zero-order valence-electron chi connectivity index (χ0n) is 34.3. The van der Waals surface area contributed by atoms with Crippen LogP contribution in [0, 0.1) is 0 Å². The highest BCUT2D eigenvalue weighted by Crippen LogP contribution is 2.47. The molecule has 0 fully saturated rings. The number of hydrogen-bond acceptors (Lipinski definition) is 3. The van der Waals surface area contributed by atoms with E-state index in [2.05, 4.69) is 223 Å². The van der Waals surface area contributed by atoms with Crippen molar-refractivity contribution in [3.63, 3.8) is 0 Å². The molecular weight excluding hydrogens is 767 g/mol. The summed E-state index contributed by atoms with van der Waals surface area (Å²) >= 11 is 0. The van der Waals surface area contributed by atoms with Gasteiger partial charge >= 0.3 is 0 Å². The molecule has 2 aromatic heterocycles. The molecule has 0 atom stereocenters. The molecular formula is C60H39NO2. The van der Waals surface area contributed by atoms with E-state index in [4.69, 9.17) is 8.83 Å². The van der Waals surface area contributed by atoms with Gasteiger partial charge in [-0.05, 0) is 117 Å². The lowest BCUT2D eigenvalue weighted by atomic mass is 9.95. The molecule has 0 saturated carbocycles. The first-order valence-electron chi connectivity index (χ1n) is 21.4. The third kappa shape index (κ3) is 6.55. The van der Waals surface area contributed by atoms with E-state index >= 15 is 0 Å². The minimum atomic E-state index is 0.849. The second-order valence-electron chi connectivity index (χ2n) is 16.1. The molecule has 0 aliphatic rings. The van der Waals surface area contributed by atoms with E-state index in [1.54, 1.807) is 0 Å². The normalized spacial score (nSPS) is 11.5. The van der Waals surface area contributed by atoms with Gasteiger partial charge in [0.15, 0.2) is 0 Å². The third-order valence-corrected chi connectivity index (χ3v) is 12.3. The maximum Gasteiger partial charge on any atom is 0.145 e. The number of rotatable bonds is 8. The number of anilines is 3. The highest BCUT2D eigenvalue weighted by atomic mass is 16.3. The minimum absolute atomic E-state index is 0.849. The van der Waals surface area contributed by atoms with Crippen LogP contribution in [0.5, 0.6) is 0 Å². The van der Waals surface area contributed by atoms with Gasteiger partial charge in [-0.1, -0.05) is 170 Å². The lowest BCUT2D eigenvalue weighted by Crippen LogP contribution is -2.10. The molecule has 0 aliphatic heterocycles. The Bertz CT molecular complexity index is 3600. The molecule has 10 aromatic carbocycles. The van der Waals surface area contributed by atoms with E-state index in [0.29, 0.717) is 0 Å². The van der Waals surface area contributed by atoms with Crippen LogP contribution in [0.15, 0.2) is 245 Å². The van der Waals surface area contributed by atoms with Crippen LogP contribution in [0.1, 0.15) is 0 Å². The van der Waals surface area contributed by atoms with Crippen LogP contribution in [0.4, 0.5) is 17.1 Å². The zero-order valence-corrected chi connectivity index (χ0v) is 34.3. The highest BCUT2D eigenvalue weighted by Gasteiger charge is 2.23. The van der Waals surface area contributed by atoms with Crippen LogP contribution in [0.25, 0.3) is 99.5 Å².